The average Bonchev–Trinajstić information content (AvgIpc) is 1.97. The van der Waals surface area contributed by atoms with Crippen LogP contribution in [0.2, 0.25) is 0 Å². The van der Waals surface area contributed by atoms with Crippen LogP contribution >= 0.6 is 11.6 Å². The lowest BCUT2D eigenvalue weighted by molar-refractivity contribution is -0.114. The molecule has 4 aliphatic rings. The molecule has 1 amide bonds. The van der Waals surface area contributed by atoms with E-state index < -0.39 is 0 Å². The normalized spacial score (nSPS) is 54.6. The topological polar surface area (TPSA) is 29.1 Å². The number of nitrogens with one attached hydrogen (secondary N) is 1. The summed E-state index contributed by atoms with van der Waals surface area (Å²) in [7, 11) is 0. The van der Waals surface area contributed by atoms with Crippen LogP contribution in [0.4, 0.5) is 0 Å². The van der Waals surface area contributed by atoms with E-state index in [0.717, 1.165) is 37.5 Å². The molecule has 0 aromatic carbocycles. The zero-order valence-corrected chi connectivity index (χ0v) is 9.02. The molecule has 0 heterocycles. The minimum absolute atomic E-state index is 0.0140. The highest BCUT2D eigenvalue weighted by atomic mass is 35.5. The van der Waals surface area contributed by atoms with E-state index in [2.05, 4.69) is 5.32 Å². The maximum atomic E-state index is 10.6. The van der Waals surface area contributed by atoms with Gasteiger partial charge in [-0.3, -0.25) is 4.79 Å². The zero-order chi connectivity index (χ0) is 9.81. The van der Waals surface area contributed by atoms with E-state index in [0.29, 0.717) is 0 Å². The van der Waals surface area contributed by atoms with Crippen molar-refractivity contribution < 1.29 is 4.79 Å². The molecule has 0 aromatic rings. The van der Waals surface area contributed by atoms with Crippen LogP contribution in [0, 0.1) is 11.8 Å². The molecule has 1 N–H and O–H groups in total. The number of halogens is 1. The summed E-state index contributed by atoms with van der Waals surface area (Å²) in [6, 6.07) is 0. The Labute approximate surface area is 89.4 Å². The quantitative estimate of drug-likeness (QED) is 0.552. The molecule has 2 nitrogen and oxygen atoms in total. The molecule has 2 unspecified atom stereocenters. The average molecular weight is 214 g/mol. The highest BCUT2D eigenvalue weighted by Gasteiger charge is 2.57. The Morgan fingerprint density at radius 2 is 1.86 bits per heavy atom. The standard InChI is InChI=1S/C11H16ClNO/c12-10-2-8-1-9(3-10)5-11(4-8,6-10)13-7-14/h7-9H,1-6H2,(H,13,14)/t8-,9+,10?,11?. The first-order chi connectivity index (χ1) is 6.63. The molecule has 0 saturated heterocycles. The van der Waals surface area contributed by atoms with Gasteiger partial charge in [0.05, 0.1) is 0 Å². The summed E-state index contributed by atoms with van der Waals surface area (Å²) >= 11 is 6.60. The minimum atomic E-state index is 0.0140. The molecule has 14 heavy (non-hydrogen) atoms. The number of hydrogen-bond acceptors (Lipinski definition) is 1. The van der Waals surface area contributed by atoms with Crippen molar-refractivity contribution in [3.8, 4) is 0 Å². The first kappa shape index (κ1) is 9.02. The molecule has 0 radical (unpaired) electrons. The van der Waals surface area contributed by atoms with Crippen molar-refractivity contribution >= 4 is 18.0 Å². The van der Waals surface area contributed by atoms with Gasteiger partial charge in [0.15, 0.2) is 0 Å². The number of carbonyl (C=O) groups is 1. The molecule has 0 spiro atoms. The predicted octanol–water partition coefficient (Wildman–Crippen LogP) is 2.06. The van der Waals surface area contributed by atoms with Gasteiger partial charge < -0.3 is 5.32 Å². The van der Waals surface area contributed by atoms with Crippen molar-refractivity contribution in [2.45, 2.75) is 48.9 Å². The summed E-state index contributed by atoms with van der Waals surface area (Å²) in [5.74, 6) is 1.53. The van der Waals surface area contributed by atoms with Crippen LogP contribution in [0.25, 0.3) is 0 Å². The van der Waals surface area contributed by atoms with Crippen LogP contribution < -0.4 is 5.32 Å². The summed E-state index contributed by atoms with van der Waals surface area (Å²) in [6.07, 6.45) is 7.88. The Balaban J connectivity index is 1.92. The lowest BCUT2D eigenvalue weighted by Crippen LogP contribution is -2.62. The lowest BCUT2D eigenvalue weighted by atomic mass is 9.52. The predicted molar refractivity (Wildman–Crippen MR) is 55.2 cm³/mol. The third-order valence-corrected chi connectivity index (χ3v) is 4.80. The van der Waals surface area contributed by atoms with Crippen LogP contribution in [0.3, 0.4) is 0 Å². The van der Waals surface area contributed by atoms with Gasteiger partial charge in [-0.05, 0) is 50.4 Å². The summed E-state index contributed by atoms with van der Waals surface area (Å²) in [6.45, 7) is 0. The van der Waals surface area contributed by atoms with Gasteiger partial charge in [-0.25, -0.2) is 0 Å². The van der Waals surface area contributed by atoms with Crippen molar-refractivity contribution in [2.75, 3.05) is 0 Å². The number of carbonyl (C=O) groups excluding carboxylic acids is 1. The third-order valence-electron chi connectivity index (χ3n) is 4.35. The summed E-state index contributed by atoms with van der Waals surface area (Å²) in [5.41, 5.74) is 0.0631. The van der Waals surface area contributed by atoms with Crippen LogP contribution in [-0.4, -0.2) is 16.8 Å². The molecule has 4 fully saturated rings. The van der Waals surface area contributed by atoms with Gasteiger partial charge >= 0.3 is 0 Å². The summed E-state index contributed by atoms with van der Waals surface area (Å²) in [4.78, 5) is 10.7. The van der Waals surface area contributed by atoms with Crippen LogP contribution in [0.5, 0.6) is 0 Å². The molecular formula is C11H16ClNO. The molecule has 0 aromatic heterocycles. The maximum absolute atomic E-state index is 10.6. The van der Waals surface area contributed by atoms with Crippen molar-refractivity contribution in [1.29, 1.82) is 0 Å². The number of alkyl halides is 1. The fourth-order valence-corrected chi connectivity index (χ4v) is 5.14. The van der Waals surface area contributed by atoms with E-state index in [1.807, 2.05) is 0 Å². The first-order valence-electron chi connectivity index (χ1n) is 5.53. The van der Waals surface area contributed by atoms with Crippen molar-refractivity contribution in [2.24, 2.45) is 11.8 Å². The Morgan fingerprint density at radius 3 is 2.36 bits per heavy atom. The lowest BCUT2D eigenvalue weighted by Gasteiger charge is -2.59. The van der Waals surface area contributed by atoms with Crippen LogP contribution in [-0.2, 0) is 4.79 Å². The Bertz CT molecular complexity index is 264. The molecular weight excluding hydrogens is 198 g/mol. The number of hydrogen-bond donors (Lipinski definition) is 1. The second kappa shape index (κ2) is 2.66. The fourth-order valence-electron chi connectivity index (χ4n) is 4.44. The Kier molecular flexibility index (Phi) is 1.71. The summed E-state index contributed by atoms with van der Waals surface area (Å²) < 4.78 is 0. The summed E-state index contributed by atoms with van der Waals surface area (Å²) in [5, 5.41) is 3.05. The fraction of sp³-hybridized carbons (Fsp3) is 0.909. The highest BCUT2D eigenvalue weighted by Crippen LogP contribution is 2.59. The molecule has 4 saturated carbocycles. The van der Waals surface area contributed by atoms with Crippen LogP contribution in [0.1, 0.15) is 38.5 Å². The molecule has 3 heteroatoms. The van der Waals surface area contributed by atoms with Crippen LogP contribution in [0.15, 0.2) is 0 Å². The van der Waals surface area contributed by atoms with Gasteiger partial charge in [-0.2, -0.15) is 0 Å². The van der Waals surface area contributed by atoms with Crippen molar-refractivity contribution in [3.05, 3.63) is 0 Å². The third kappa shape index (κ3) is 1.19. The molecule has 4 aliphatic carbocycles. The smallest absolute Gasteiger partial charge is 0.207 e. The Hall–Kier alpha value is -0.240. The molecule has 4 bridgehead atoms. The van der Waals surface area contributed by atoms with Gasteiger partial charge in [-0.1, -0.05) is 0 Å². The van der Waals surface area contributed by atoms with Crippen molar-refractivity contribution in [1.82, 2.24) is 5.32 Å². The van der Waals surface area contributed by atoms with Gasteiger partial charge in [-0.15, -0.1) is 11.6 Å². The molecule has 4 atom stereocenters. The second-order valence-corrected chi connectivity index (χ2v) is 6.46. The monoisotopic (exact) mass is 213 g/mol. The van der Waals surface area contributed by atoms with E-state index in [9.17, 15) is 4.79 Å². The van der Waals surface area contributed by atoms with Gasteiger partial charge in [0.2, 0.25) is 6.41 Å². The molecule has 78 valence electrons. The Morgan fingerprint density at radius 1 is 1.21 bits per heavy atom. The van der Waals surface area contributed by atoms with E-state index >= 15 is 0 Å². The first-order valence-corrected chi connectivity index (χ1v) is 5.91. The zero-order valence-electron chi connectivity index (χ0n) is 8.26. The number of rotatable bonds is 2. The van der Waals surface area contributed by atoms with Gasteiger partial charge in [0.25, 0.3) is 0 Å². The van der Waals surface area contributed by atoms with Gasteiger partial charge in [0, 0.05) is 10.4 Å². The van der Waals surface area contributed by atoms with E-state index in [1.165, 1.54) is 19.3 Å². The molecule has 4 rings (SSSR count). The van der Waals surface area contributed by atoms with E-state index in [-0.39, 0.29) is 10.4 Å². The SMILES string of the molecule is O=CNC12C[C@@H]3C[C@@H](CC(Cl)(C3)C1)C2. The van der Waals surface area contributed by atoms with Gasteiger partial charge in [0.1, 0.15) is 0 Å². The highest BCUT2D eigenvalue weighted by molar-refractivity contribution is 6.24. The van der Waals surface area contributed by atoms with E-state index in [4.69, 9.17) is 11.6 Å². The minimum Gasteiger partial charge on any atom is -0.353 e. The number of amides is 1. The second-order valence-electron chi connectivity index (χ2n) is 5.65. The van der Waals surface area contributed by atoms with E-state index in [1.54, 1.807) is 0 Å². The van der Waals surface area contributed by atoms with Crippen molar-refractivity contribution in [3.63, 3.8) is 0 Å². The maximum Gasteiger partial charge on any atom is 0.207 e. The largest absolute Gasteiger partial charge is 0.353 e. The molecule has 0 aliphatic heterocycles.